The zero-order valence-electron chi connectivity index (χ0n) is 13.7. The van der Waals surface area contributed by atoms with Crippen molar-refractivity contribution in [3.63, 3.8) is 0 Å². The molecule has 0 radical (unpaired) electrons. The SMILES string of the molecule is COC1(c2ncc(CNCC(C)C)cn2)CCCCCC1. The van der Waals surface area contributed by atoms with E-state index >= 15 is 0 Å². The lowest BCUT2D eigenvalue weighted by molar-refractivity contribution is -0.0352. The van der Waals surface area contributed by atoms with Gasteiger partial charge in [-0.2, -0.15) is 0 Å². The average Bonchev–Trinajstić information content (AvgIpc) is 2.74. The molecular weight excluding hydrogens is 262 g/mol. The van der Waals surface area contributed by atoms with Gasteiger partial charge in [0.05, 0.1) is 0 Å². The van der Waals surface area contributed by atoms with Crippen molar-refractivity contribution in [3.8, 4) is 0 Å². The Morgan fingerprint density at radius 1 is 1.14 bits per heavy atom. The Bertz CT molecular complexity index is 409. The van der Waals surface area contributed by atoms with Gasteiger partial charge in [-0.05, 0) is 25.3 Å². The molecule has 0 amide bonds. The molecular formula is C17H29N3O. The second kappa shape index (κ2) is 7.85. The topological polar surface area (TPSA) is 47.0 Å². The van der Waals surface area contributed by atoms with Crippen molar-refractivity contribution < 1.29 is 4.74 Å². The number of aromatic nitrogens is 2. The summed E-state index contributed by atoms with van der Waals surface area (Å²) in [4.78, 5) is 9.22. The summed E-state index contributed by atoms with van der Waals surface area (Å²) in [7, 11) is 1.80. The summed E-state index contributed by atoms with van der Waals surface area (Å²) in [6, 6.07) is 0. The van der Waals surface area contributed by atoms with Crippen LogP contribution in [-0.2, 0) is 16.9 Å². The maximum Gasteiger partial charge on any atom is 0.160 e. The largest absolute Gasteiger partial charge is 0.370 e. The van der Waals surface area contributed by atoms with Crippen molar-refractivity contribution in [2.45, 2.75) is 64.5 Å². The van der Waals surface area contributed by atoms with Crippen molar-refractivity contribution in [1.29, 1.82) is 0 Å². The van der Waals surface area contributed by atoms with Crippen LogP contribution in [-0.4, -0.2) is 23.6 Å². The number of rotatable bonds is 6. The van der Waals surface area contributed by atoms with E-state index in [2.05, 4.69) is 29.1 Å². The fourth-order valence-corrected chi connectivity index (χ4v) is 3.01. The summed E-state index contributed by atoms with van der Waals surface area (Å²) < 4.78 is 5.86. The second-order valence-electron chi connectivity index (χ2n) is 6.55. The van der Waals surface area contributed by atoms with Crippen LogP contribution >= 0.6 is 0 Å². The molecule has 1 aliphatic carbocycles. The third-order valence-electron chi connectivity index (χ3n) is 4.30. The minimum atomic E-state index is -0.264. The number of nitrogens with zero attached hydrogens (tertiary/aromatic N) is 2. The van der Waals surface area contributed by atoms with Gasteiger partial charge in [-0.15, -0.1) is 0 Å². The van der Waals surface area contributed by atoms with Gasteiger partial charge in [-0.3, -0.25) is 0 Å². The van der Waals surface area contributed by atoms with Crippen molar-refractivity contribution in [1.82, 2.24) is 15.3 Å². The molecule has 0 saturated heterocycles. The molecule has 1 N–H and O–H groups in total. The highest BCUT2D eigenvalue weighted by molar-refractivity contribution is 5.10. The Kier molecular flexibility index (Phi) is 6.12. The standard InChI is InChI=1S/C17H29N3O/c1-14(2)10-18-11-15-12-19-16(20-13-15)17(21-3)8-6-4-5-7-9-17/h12-14,18H,4-11H2,1-3H3. The molecule has 21 heavy (non-hydrogen) atoms. The van der Waals surface area contributed by atoms with E-state index in [1.54, 1.807) is 7.11 Å². The lowest BCUT2D eigenvalue weighted by Gasteiger charge is -2.29. The summed E-state index contributed by atoms with van der Waals surface area (Å²) in [6.07, 6.45) is 11.0. The van der Waals surface area contributed by atoms with Gasteiger partial charge in [-0.25, -0.2) is 9.97 Å². The van der Waals surface area contributed by atoms with Gasteiger partial charge in [-0.1, -0.05) is 39.5 Å². The quantitative estimate of drug-likeness (QED) is 0.816. The Morgan fingerprint density at radius 2 is 1.76 bits per heavy atom. The van der Waals surface area contributed by atoms with Crippen LogP contribution in [0.4, 0.5) is 0 Å². The van der Waals surface area contributed by atoms with Crippen LogP contribution in [0.15, 0.2) is 12.4 Å². The maximum atomic E-state index is 5.86. The van der Waals surface area contributed by atoms with Crippen LogP contribution in [0.2, 0.25) is 0 Å². The van der Waals surface area contributed by atoms with Crippen molar-refractivity contribution in [2.24, 2.45) is 5.92 Å². The van der Waals surface area contributed by atoms with Gasteiger partial charge < -0.3 is 10.1 Å². The zero-order chi connectivity index (χ0) is 15.1. The van der Waals surface area contributed by atoms with Crippen LogP contribution in [0.5, 0.6) is 0 Å². The third kappa shape index (κ3) is 4.48. The smallest absolute Gasteiger partial charge is 0.160 e. The maximum absolute atomic E-state index is 5.86. The number of methoxy groups -OCH3 is 1. The summed E-state index contributed by atoms with van der Waals surface area (Å²) >= 11 is 0. The fraction of sp³-hybridized carbons (Fsp3) is 0.765. The number of hydrogen-bond donors (Lipinski definition) is 1. The van der Waals surface area contributed by atoms with E-state index in [-0.39, 0.29) is 5.60 Å². The molecule has 0 unspecified atom stereocenters. The lowest BCUT2D eigenvalue weighted by atomic mass is 9.93. The van der Waals surface area contributed by atoms with Crippen molar-refractivity contribution in [3.05, 3.63) is 23.8 Å². The molecule has 4 heteroatoms. The second-order valence-corrected chi connectivity index (χ2v) is 6.55. The van der Waals surface area contributed by atoms with E-state index in [4.69, 9.17) is 4.74 Å². The highest BCUT2D eigenvalue weighted by Crippen LogP contribution is 2.36. The van der Waals surface area contributed by atoms with E-state index in [0.717, 1.165) is 37.3 Å². The minimum absolute atomic E-state index is 0.264. The molecule has 1 aliphatic rings. The molecule has 1 aromatic rings. The number of nitrogens with one attached hydrogen (secondary N) is 1. The zero-order valence-corrected chi connectivity index (χ0v) is 13.7. The first kappa shape index (κ1) is 16.4. The van der Waals surface area contributed by atoms with Gasteiger partial charge in [0.2, 0.25) is 0 Å². The Morgan fingerprint density at radius 3 is 2.29 bits per heavy atom. The van der Waals surface area contributed by atoms with Crippen molar-refractivity contribution >= 4 is 0 Å². The normalized spacial score (nSPS) is 18.7. The predicted octanol–water partition coefficient (Wildman–Crippen LogP) is 3.42. The molecule has 1 saturated carbocycles. The monoisotopic (exact) mass is 291 g/mol. The minimum Gasteiger partial charge on any atom is -0.370 e. The van der Waals surface area contributed by atoms with Crippen molar-refractivity contribution in [2.75, 3.05) is 13.7 Å². The van der Waals surface area contributed by atoms with Crippen LogP contribution in [0.3, 0.4) is 0 Å². The fourth-order valence-electron chi connectivity index (χ4n) is 3.01. The van der Waals surface area contributed by atoms with E-state index in [1.165, 1.54) is 25.7 Å². The predicted molar refractivity (Wildman–Crippen MR) is 85.0 cm³/mol. The van der Waals surface area contributed by atoms with Crippen LogP contribution in [0.25, 0.3) is 0 Å². The first-order valence-corrected chi connectivity index (χ1v) is 8.23. The summed E-state index contributed by atoms with van der Waals surface area (Å²) in [5.74, 6) is 1.52. The Labute approximate surface area is 128 Å². The van der Waals surface area contributed by atoms with Gasteiger partial charge in [0.25, 0.3) is 0 Å². The van der Waals surface area contributed by atoms with E-state index in [1.807, 2.05) is 12.4 Å². The lowest BCUT2D eigenvalue weighted by Crippen LogP contribution is -2.30. The molecule has 2 rings (SSSR count). The Balaban J connectivity index is 2.02. The van der Waals surface area contributed by atoms with Crippen LogP contribution < -0.4 is 5.32 Å². The molecule has 0 spiro atoms. The van der Waals surface area contributed by atoms with Gasteiger partial charge >= 0.3 is 0 Å². The summed E-state index contributed by atoms with van der Waals surface area (Å²) in [6.45, 7) is 6.27. The summed E-state index contributed by atoms with van der Waals surface area (Å²) in [5, 5.41) is 3.42. The molecule has 118 valence electrons. The van der Waals surface area contributed by atoms with E-state index < -0.39 is 0 Å². The molecule has 0 aliphatic heterocycles. The molecule has 1 aromatic heterocycles. The highest BCUT2D eigenvalue weighted by atomic mass is 16.5. The third-order valence-corrected chi connectivity index (χ3v) is 4.30. The van der Waals surface area contributed by atoms with Crippen LogP contribution in [0.1, 0.15) is 63.8 Å². The molecule has 1 fully saturated rings. The first-order chi connectivity index (χ1) is 10.2. The average molecular weight is 291 g/mol. The molecule has 4 nitrogen and oxygen atoms in total. The number of hydrogen-bond acceptors (Lipinski definition) is 4. The first-order valence-electron chi connectivity index (χ1n) is 8.23. The van der Waals surface area contributed by atoms with Crippen LogP contribution in [0, 0.1) is 5.92 Å². The van der Waals surface area contributed by atoms with Gasteiger partial charge in [0.15, 0.2) is 5.82 Å². The van der Waals surface area contributed by atoms with E-state index in [9.17, 15) is 0 Å². The molecule has 0 aromatic carbocycles. The highest BCUT2D eigenvalue weighted by Gasteiger charge is 2.35. The van der Waals surface area contributed by atoms with E-state index in [0.29, 0.717) is 5.92 Å². The molecule has 0 bridgehead atoms. The van der Waals surface area contributed by atoms with Gasteiger partial charge in [0.1, 0.15) is 5.60 Å². The van der Waals surface area contributed by atoms with Gasteiger partial charge in [0, 0.05) is 31.6 Å². The molecule has 0 atom stereocenters. The Hall–Kier alpha value is -1.00. The molecule has 1 heterocycles. The summed E-state index contributed by atoms with van der Waals surface area (Å²) in [5.41, 5.74) is 0.875. The number of ether oxygens (including phenoxy) is 1.